The van der Waals surface area contributed by atoms with Crippen LogP contribution in [0.2, 0.25) is 0 Å². The molecule has 0 aromatic heterocycles. The van der Waals surface area contributed by atoms with Crippen LogP contribution in [0.4, 0.5) is 0 Å². The lowest BCUT2D eigenvalue weighted by atomic mass is 9.89. The third-order valence-electron chi connectivity index (χ3n) is 3.03. The molecule has 0 amide bonds. The predicted molar refractivity (Wildman–Crippen MR) is 61.2 cm³/mol. The van der Waals surface area contributed by atoms with Gasteiger partial charge < -0.3 is 19.7 Å². The van der Waals surface area contributed by atoms with Crippen molar-refractivity contribution in [2.45, 2.75) is 25.0 Å². The van der Waals surface area contributed by atoms with Crippen molar-refractivity contribution < 1.29 is 9.47 Å². The highest BCUT2D eigenvalue weighted by Gasteiger charge is 2.27. The molecule has 0 heterocycles. The zero-order chi connectivity index (χ0) is 11.1. The zero-order valence-corrected chi connectivity index (χ0v) is 10.2. The lowest BCUT2D eigenvalue weighted by molar-refractivity contribution is 0.0170. The summed E-state index contributed by atoms with van der Waals surface area (Å²) in [7, 11) is 5.66. The SMILES string of the molecule is COCCN(C)CCNC1CC(OC)C1. The number of nitrogens with zero attached hydrogens (tertiary/aromatic N) is 1. The summed E-state index contributed by atoms with van der Waals surface area (Å²) in [4.78, 5) is 2.28. The Morgan fingerprint density at radius 3 is 2.60 bits per heavy atom. The second kappa shape index (κ2) is 7.17. The number of methoxy groups -OCH3 is 2. The van der Waals surface area contributed by atoms with Gasteiger partial charge in [-0.05, 0) is 19.9 Å². The molecule has 1 rings (SSSR count). The average molecular weight is 216 g/mol. The molecule has 1 fully saturated rings. The Kier molecular flexibility index (Phi) is 6.17. The molecule has 1 N–H and O–H groups in total. The summed E-state index contributed by atoms with van der Waals surface area (Å²) in [5, 5.41) is 3.53. The molecule has 1 aliphatic carbocycles. The maximum Gasteiger partial charge on any atom is 0.0601 e. The number of ether oxygens (including phenoxy) is 2. The van der Waals surface area contributed by atoms with E-state index < -0.39 is 0 Å². The fraction of sp³-hybridized carbons (Fsp3) is 1.00. The summed E-state index contributed by atoms with van der Waals surface area (Å²) in [6.45, 7) is 3.95. The minimum absolute atomic E-state index is 0.494. The van der Waals surface area contributed by atoms with Crippen molar-refractivity contribution in [1.82, 2.24) is 10.2 Å². The quantitative estimate of drug-likeness (QED) is 0.634. The first kappa shape index (κ1) is 12.9. The number of hydrogen-bond donors (Lipinski definition) is 1. The lowest BCUT2D eigenvalue weighted by Gasteiger charge is -2.35. The van der Waals surface area contributed by atoms with Gasteiger partial charge in [0.15, 0.2) is 0 Å². The van der Waals surface area contributed by atoms with Gasteiger partial charge in [0.05, 0.1) is 12.7 Å². The molecule has 0 aromatic carbocycles. The van der Waals surface area contributed by atoms with Gasteiger partial charge in [0.2, 0.25) is 0 Å². The van der Waals surface area contributed by atoms with Crippen LogP contribution in [0.3, 0.4) is 0 Å². The van der Waals surface area contributed by atoms with Crippen LogP contribution in [-0.2, 0) is 9.47 Å². The molecule has 4 nitrogen and oxygen atoms in total. The average Bonchev–Trinajstić information content (AvgIpc) is 2.18. The summed E-state index contributed by atoms with van der Waals surface area (Å²) < 4.78 is 10.3. The molecule has 1 aliphatic rings. The van der Waals surface area contributed by atoms with Crippen molar-refractivity contribution in [3.8, 4) is 0 Å². The maximum absolute atomic E-state index is 5.23. The van der Waals surface area contributed by atoms with Crippen LogP contribution in [0.5, 0.6) is 0 Å². The van der Waals surface area contributed by atoms with E-state index in [1.165, 1.54) is 0 Å². The van der Waals surface area contributed by atoms with Crippen molar-refractivity contribution in [3.63, 3.8) is 0 Å². The van der Waals surface area contributed by atoms with E-state index in [1.807, 2.05) is 0 Å². The van der Waals surface area contributed by atoms with Crippen molar-refractivity contribution in [3.05, 3.63) is 0 Å². The first-order valence-corrected chi connectivity index (χ1v) is 5.70. The number of likely N-dealkylation sites (N-methyl/N-ethyl adjacent to an activating group) is 1. The molecule has 0 radical (unpaired) electrons. The molecule has 0 aromatic rings. The van der Waals surface area contributed by atoms with E-state index in [2.05, 4.69) is 17.3 Å². The minimum atomic E-state index is 0.494. The van der Waals surface area contributed by atoms with Gasteiger partial charge >= 0.3 is 0 Å². The summed E-state index contributed by atoms with van der Waals surface area (Å²) in [6.07, 6.45) is 2.82. The van der Waals surface area contributed by atoms with Gasteiger partial charge in [-0.1, -0.05) is 0 Å². The van der Waals surface area contributed by atoms with Crippen LogP contribution in [0.1, 0.15) is 12.8 Å². The van der Waals surface area contributed by atoms with E-state index in [9.17, 15) is 0 Å². The molecule has 4 heteroatoms. The van der Waals surface area contributed by atoms with E-state index in [1.54, 1.807) is 14.2 Å². The minimum Gasteiger partial charge on any atom is -0.383 e. The Hall–Kier alpha value is -0.160. The number of nitrogens with one attached hydrogen (secondary N) is 1. The topological polar surface area (TPSA) is 33.7 Å². The van der Waals surface area contributed by atoms with Crippen LogP contribution in [-0.4, -0.2) is 64.6 Å². The lowest BCUT2D eigenvalue weighted by Crippen LogP contribution is -2.47. The summed E-state index contributed by atoms with van der Waals surface area (Å²) in [6, 6.07) is 0.672. The van der Waals surface area contributed by atoms with Gasteiger partial charge in [-0.2, -0.15) is 0 Å². The molecular weight excluding hydrogens is 192 g/mol. The van der Waals surface area contributed by atoms with Gasteiger partial charge in [0.1, 0.15) is 0 Å². The van der Waals surface area contributed by atoms with Crippen LogP contribution < -0.4 is 5.32 Å². The standard InChI is InChI=1S/C11H24N2O2/c1-13(6-7-14-2)5-4-12-10-8-11(9-10)15-3/h10-12H,4-9H2,1-3H3. The normalized spacial score (nSPS) is 25.6. The van der Waals surface area contributed by atoms with E-state index in [0.717, 1.165) is 39.1 Å². The third kappa shape index (κ3) is 4.93. The molecule has 0 aliphatic heterocycles. The van der Waals surface area contributed by atoms with Crippen molar-refractivity contribution >= 4 is 0 Å². The Labute approximate surface area is 92.9 Å². The fourth-order valence-corrected chi connectivity index (χ4v) is 1.74. The highest BCUT2D eigenvalue weighted by atomic mass is 16.5. The Bertz CT molecular complexity index is 156. The van der Waals surface area contributed by atoms with Crippen LogP contribution in [0, 0.1) is 0 Å². The maximum atomic E-state index is 5.23. The van der Waals surface area contributed by atoms with Crippen molar-refractivity contribution in [2.75, 3.05) is 47.5 Å². The smallest absolute Gasteiger partial charge is 0.0601 e. The van der Waals surface area contributed by atoms with Gasteiger partial charge in [-0.25, -0.2) is 0 Å². The highest BCUT2D eigenvalue weighted by Crippen LogP contribution is 2.21. The second-order valence-corrected chi connectivity index (χ2v) is 4.28. The van der Waals surface area contributed by atoms with Gasteiger partial charge in [-0.15, -0.1) is 0 Å². The fourth-order valence-electron chi connectivity index (χ4n) is 1.74. The monoisotopic (exact) mass is 216 g/mol. The second-order valence-electron chi connectivity index (χ2n) is 4.28. The van der Waals surface area contributed by atoms with Gasteiger partial charge in [-0.3, -0.25) is 0 Å². The zero-order valence-electron chi connectivity index (χ0n) is 10.2. The molecular formula is C11H24N2O2. The van der Waals surface area contributed by atoms with Gasteiger partial charge in [0, 0.05) is 39.9 Å². The summed E-state index contributed by atoms with van der Waals surface area (Å²) in [5.74, 6) is 0. The van der Waals surface area contributed by atoms with Crippen LogP contribution in [0.15, 0.2) is 0 Å². The van der Waals surface area contributed by atoms with Crippen molar-refractivity contribution in [2.24, 2.45) is 0 Å². The van der Waals surface area contributed by atoms with Crippen LogP contribution in [0.25, 0.3) is 0 Å². The Morgan fingerprint density at radius 1 is 1.27 bits per heavy atom. The molecule has 0 atom stereocenters. The Balaban J connectivity index is 1.89. The van der Waals surface area contributed by atoms with Crippen molar-refractivity contribution in [1.29, 1.82) is 0 Å². The summed E-state index contributed by atoms with van der Waals surface area (Å²) >= 11 is 0. The van der Waals surface area contributed by atoms with E-state index in [-0.39, 0.29) is 0 Å². The number of rotatable bonds is 8. The largest absolute Gasteiger partial charge is 0.383 e. The Morgan fingerprint density at radius 2 is 2.00 bits per heavy atom. The molecule has 90 valence electrons. The summed E-state index contributed by atoms with van der Waals surface area (Å²) in [5.41, 5.74) is 0. The van der Waals surface area contributed by atoms with E-state index >= 15 is 0 Å². The molecule has 1 saturated carbocycles. The first-order chi connectivity index (χ1) is 7.26. The number of hydrogen-bond acceptors (Lipinski definition) is 4. The molecule has 0 saturated heterocycles. The third-order valence-corrected chi connectivity index (χ3v) is 3.03. The van der Waals surface area contributed by atoms with Crippen LogP contribution >= 0.6 is 0 Å². The molecule has 15 heavy (non-hydrogen) atoms. The first-order valence-electron chi connectivity index (χ1n) is 5.70. The van der Waals surface area contributed by atoms with Gasteiger partial charge in [0.25, 0.3) is 0 Å². The van der Waals surface area contributed by atoms with E-state index in [4.69, 9.17) is 9.47 Å². The highest BCUT2D eigenvalue weighted by molar-refractivity contribution is 4.85. The molecule has 0 spiro atoms. The van der Waals surface area contributed by atoms with E-state index in [0.29, 0.717) is 12.1 Å². The molecule has 0 bridgehead atoms. The molecule has 0 unspecified atom stereocenters. The predicted octanol–water partition coefficient (Wildman–Crippen LogP) is 0.332.